The van der Waals surface area contributed by atoms with Gasteiger partial charge in [-0.3, -0.25) is 9.36 Å². The summed E-state index contributed by atoms with van der Waals surface area (Å²) in [5.74, 6) is 1.31. The van der Waals surface area contributed by atoms with Crippen LogP contribution in [0.3, 0.4) is 0 Å². The summed E-state index contributed by atoms with van der Waals surface area (Å²) in [6, 6.07) is 16.0. The van der Waals surface area contributed by atoms with Gasteiger partial charge < -0.3 is 11.1 Å². The van der Waals surface area contributed by atoms with Crippen molar-refractivity contribution in [3.05, 3.63) is 85.0 Å². The molecule has 1 aliphatic rings. The maximum Gasteiger partial charge on any atom is 0.263 e. The number of anilines is 1. The first-order valence-corrected chi connectivity index (χ1v) is 11.0. The number of aromatic nitrogens is 3. The molecule has 3 heterocycles. The first-order valence-electron chi connectivity index (χ1n) is 9.96. The van der Waals surface area contributed by atoms with Gasteiger partial charge >= 0.3 is 0 Å². The Labute approximate surface area is 192 Å². The number of halogens is 1. The Balaban J connectivity index is 1.77. The van der Waals surface area contributed by atoms with Crippen molar-refractivity contribution in [2.45, 2.75) is 20.4 Å². The number of benzene rings is 2. The number of para-hydroxylation sites is 1. The standard InChI is InChI=1S/C23H21IN6O/c1-13-6-3-4-9-17(13)30-16(10-15-8-5-7-14(2)18(15)23(30)31)11-29-22-19(20(24)28-29)21(25)26-12-27-22/h3-10,27H,11-12H2,1-2H3,(H2,25,26). The molecule has 156 valence electrons. The minimum absolute atomic E-state index is 0.0235. The van der Waals surface area contributed by atoms with Crippen LogP contribution in [0.25, 0.3) is 16.5 Å². The van der Waals surface area contributed by atoms with Crippen LogP contribution < -0.4 is 16.6 Å². The molecule has 0 spiro atoms. The van der Waals surface area contributed by atoms with Gasteiger partial charge in [0.1, 0.15) is 22.0 Å². The van der Waals surface area contributed by atoms with E-state index in [-0.39, 0.29) is 5.56 Å². The van der Waals surface area contributed by atoms with E-state index in [0.29, 0.717) is 19.0 Å². The third-order valence-electron chi connectivity index (χ3n) is 5.66. The van der Waals surface area contributed by atoms with Gasteiger partial charge in [0.05, 0.1) is 23.2 Å². The van der Waals surface area contributed by atoms with Crippen LogP contribution in [0, 0.1) is 17.5 Å². The van der Waals surface area contributed by atoms with E-state index in [9.17, 15) is 4.79 Å². The molecule has 0 fully saturated rings. The van der Waals surface area contributed by atoms with Crippen LogP contribution in [-0.4, -0.2) is 26.9 Å². The van der Waals surface area contributed by atoms with Crippen LogP contribution in [0.15, 0.2) is 58.3 Å². The highest BCUT2D eigenvalue weighted by molar-refractivity contribution is 14.1. The lowest BCUT2D eigenvalue weighted by Crippen LogP contribution is -2.26. The van der Waals surface area contributed by atoms with Crippen LogP contribution in [-0.2, 0) is 6.54 Å². The number of aliphatic imine (C=N–C) groups is 1. The number of nitrogens with two attached hydrogens (primary N) is 1. The minimum atomic E-state index is -0.0235. The first-order chi connectivity index (χ1) is 15.0. The first kappa shape index (κ1) is 19.8. The van der Waals surface area contributed by atoms with E-state index in [4.69, 9.17) is 5.73 Å². The molecule has 8 heteroatoms. The van der Waals surface area contributed by atoms with Crippen LogP contribution in [0.5, 0.6) is 0 Å². The molecule has 0 bridgehead atoms. The fraction of sp³-hybridized carbons (Fsp3) is 0.174. The lowest BCUT2D eigenvalue weighted by molar-refractivity contribution is 0.654. The Kier molecular flexibility index (Phi) is 4.81. The van der Waals surface area contributed by atoms with E-state index in [1.54, 1.807) is 0 Å². The fourth-order valence-corrected chi connectivity index (χ4v) is 4.96. The predicted molar refractivity (Wildman–Crippen MR) is 132 cm³/mol. The number of hydrogen-bond donors (Lipinski definition) is 2. The van der Waals surface area contributed by atoms with Gasteiger partial charge in [0, 0.05) is 5.69 Å². The topological polar surface area (TPSA) is 90.2 Å². The van der Waals surface area contributed by atoms with Crippen molar-refractivity contribution >= 4 is 45.0 Å². The Morgan fingerprint density at radius 1 is 1.13 bits per heavy atom. The van der Waals surface area contributed by atoms with Crippen molar-refractivity contribution < 1.29 is 0 Å². The normalized spacial score (nSPS) is 13.1. The molecule has 31 heavy (non-hydrogen) atoms. The lowest BCUT2D eigenvalue weighted by atomic mass is 10.1. The second-order valence-corrected chi connectivity index (χ2v) is 8.67. The van der Waals surface area contributed by atoms with Crippen molar-refractivity contribution in [2.24, 2.45) is 10.7 Å². The molecule has 0 saturated carbocycles. The summed E-state index contributed by atoms with van der Waals surface area (Å²) >= 11 is 2.17. The maximum atomic E-state index is 13.7. The van der Waals surface area contributed by atoms with Crippen LogP contribution in [0.4, 0.5) is 5.82 Å². The summed E-state index contributed by atoms with van der Waals surface area (Å²) in [5, 5.41) is 9.62. The number of pyridine rings is 1. The van der Waals surface area contributed by atoms with E-state index in [2.05, 4.69) is 44.1 Å². The molecule has 7 nitrogen and oxygen atoms in total. The van der Waals surface area contributed by atoms with Gasteiger partial charge in [-0.05, 0) is 65.1 Å². The predicted octanol–water partition coefficient (Wildman–Crippen LogP) is 3.55. The molecular formula is C23H21IN6O. The summed E-state index contributed by atoms with van der Waals surface area (Å²) in [6.45, 7) is 4.82. The van der Waals surface area contributed by atoms with Crippen molar-refractivity contribution in [3.63, 3.8) is 0 Å². The summed E-state index contributed by atoms with van der Waals surface area (Å²) in [7, 11) is 0. The molecule has 1 aliphatic heterocycles. The lowest BCUT2D eigenvalue weighted by Gasteiger charge is -2.19. The average molecular weight is 524 g/mol. The molecule has 0 saturated heterocycles. The van der Waals surface area contributed by atoms with Crippen LogP contribution >= 0.6 is 22.6 Å². The highest BCUT2D eigenvalue weighted by atomic mass is 127. The average Bonchev–Trinajstić information content (AvgIpc) is 3.05. The largest absolute Gasteiger partial charge is 0.383 e. The number of nitrogens with zero attached hydrogens (tertiary/aromatic N) is 4. The second kappa shape index (κ2) is 7.52. The summed E-state index contributed by atoms with van der Waals surface area (Å²) < 4.78 is 4.46. The van der Waals surface area contributed by atoms with Gasteiger partial charge in [-0.1, -0.05) is 36.4 Å². The number of aryl methyl sites for hydroxylation is 2. The van der Waals surface area contributed by atoms with Gasteiger partial charge in [0.15, 0.2) is 0 Å². The molecule has 0 radical (unpaired) electrons. The van der Waals surface area contributed by atoms with Gasteiger partial charge in [-0.2, -0.15) is 5.10 Å². The second-order valence-electron chi connectivity index (χ2n) is 7.65. The molecular weight excluding hydrogens is 503 g/mol. The van der Waals surface area contributed by atoms with E-state index in [0.717, 1.165) is 48.4 Å². The molecule has 4 aromatic rings. The zero-order valence-electron chi connectivity index (χ0n) is 17.2. The van der Waals surface area contributed by atoms with E-state index < -0.39 is 0 Å². The zero-order chi connectivity index (χ0) is 21.7. The molecule has 3 N–H and O–H groups in total. The Hall–Kier alpha value is -3.14. The molecule has 0 amide bonds. The molecule has 0 aliphatic carbocycles. The van der Waals surface area contributed by atoms with E-state index in [1.165, 1.54) is 0 Å². The summed E-state index contributed by atoms with van der Waals surface area (Å²) in [6.07, 6.45) is 0. The van der Waals surface area contributed by atoms with Gasteiger partial charge in [-0.25, -0.2) is 9.67 Å². The van der Waals surface area contributed by atoms with E-state index >= 15 is 0 Å². The SMILES string of the molecule is Cc1ccccc1-n1c(Cn2nc(I)c3c2NCN=C3N)cc2cccc(C)c2c1=O. The van der Waals surface area contributed by atoms with Gasteiger partial charge in [0.2, 0.25) is 0 Å². The molecule has 2 aromatic heterocycles. The third kappa shape index (κ3) is 3.21. The minimum Gasteiger partial charge on any atom is -0.383 e. The summed E-state index contributed by atoms with van der Waals surface area (Å²) in [5.41, 5.74) is 10.6. The maximum absolute atomic E-state index is 13.7. The number of nitrogens with one attached hydrogen (secondary N) is 1. The van der Waals surface area contributed by atoms with Crippen LogP contribution in [0.2, 0.25) is 0 Å². The Bertz CT molecular complexity index is 1430. The van der Waals surface area contributed by atoms with Crippen molar-refractivity contribution in [1.29, 1.82) is 0 Å². The Morgan fingerprint density at radius 3 is 2.71 bits per heavy atom. The highest BCUT2D eigenvalue weighted by Gasteiger charge is 2.23. The fourth-order valence-electron chi connectivity index (χ4n) is 4.17. The van der Waals surface area contributed by atoms with Gasteiger partial charge in [0.25, 0.3) is 5.56 Å². The number of rotatable bonds is 3. The molecule has 5 rings (SSSR count). The van der Waals surface area contributed by atoms with Gasteiger partial charge in [-0.15, -0.1) is 0 Å². The van der Waals surface area contributed by atoms with E-state index in [1.807, 2.05) is 65.6 Å². The van der Waals surface area contributed by atoms with Crippen LogP contribution in [0.1, 0.15) is 22.4 Å². The Morgan fingerprint density at radius 2 is 1.90 bits per heavy atom. The highest BCUT2D eigenvalue weighted by Crippen LogP contribution is 2.26. The number of amidine groups is 1. The summed E-state index contributed by atoms with van der Waals surface area (Å²) in [4.78, 5) is 18.0. The van der Waals surface area contributed by atoms with Crippen molar-refractivity contribution in [2.75, 3.05) is 12.0 Å². The van der Waals surface area contributed by atoms with Crippen molar-refractivity contribution in [3.8, 4) is 5.69 Å². The van der Waals surface area contributed by atoms with Crippen molar-refractivity contribution in [1.82, 2.24) is 14.3 Å². The molecule has 2 aromatic carbocycles. The number of hydrogen-bond acceptors (Lipinski definition) is 5. The zero-order valence-corrected chi connectivity index (χ0v) is 19.3. The molecule has 0 unspecified atom stereocenters. The third-order valence-corrected chi connectivity index (χ3v) is 6.42. The quantitative estimate of drug-likeness (QED) is 0.402. The monoisotopic (exact) mass is 524 g/mol. The molecule has 0 atom stereocenters. The smallest absolute Gasteiger partial charge is 0.263 e. The number of fused-ring (bicyclic) bond motifs is 2.